The van der Waals surface area contributed by atoms with Gasteiger partial charge in [-0.3, -0.25) is 0 Å². The first-order valence-electron chi connectivity index (χ1n) is 6.93. The molecule has 3 nitrogen and oxygen atoms in total. The second-order valence-corrected chi connectivity index (χ2v) is 6.87. The summed E-state index contributed by atoms with van der Waals surface area (Å²) in [6.45, 7) is 12.2. The molecule has 3 N–H and O–H groups in total. The van der Waals surface area contributed by atoms with Gasteiger partial charge in [0.15, 0.2) is 0 Å². The quantitative estimate of drug-likeness (QED) is 0.780. The number of hydrogen-bond donors (Lipinski definition) is 3. The molecule has 1 aliphatic carbocycles. The van der Waals surface area contributed by atoms with E-state index in [4.69, 9.17) is 0 Å². The van der Waals surface area contributed by atoms with E-state index in [2.05, 4.69) is 33.0 Å². The number of nitrogens with one attached hydrogen (secondary N) is 1. The molecule has 0 heterocycles. The third kappa shape index (κ3) is 2.32. The third-order valence-electron chi connectivity index (χ3n) is 5.43. The zero-order chi connectivity index (χ0) is 14.4. The topological polar surface area (TPSA) is 52.5 Å². The molecule has 0 spiro atoms. The number of hydrogen-bond acceptors (Lipinski definition) is 3. The summed E-state index contributed by atoms with van der Waals surface area (Å²) in [5.41, 5.74) is 1.57. The molecular weight excluding hydrogens is 238 g/mol. The van der Waals surface area contributed by atoms with Crippen LogP contribution in [0.4, 0.5) is 0 Å². The fourth-order valence-electron chi connectivity index (χ4n) is 3.15. The van der Waals surface area contributed by atoms with Gasteiger partial charge in [-0.15, -0.1) is 0 Å². The standard InChI is InChI=1S/C16H25NO2/c1-10(12-7-6-11(18)8-13(12)19)17-9-14-15(2,3)16(14,4)5/h6-8,10,14,17-19H,9H2,1-5H3. The van der Waals surface area contributed by atoms with Crippen LogP contribution in [0, 0.1) is 16.7 Å². The molecule has 1 fully saturated rings. The largest absolute Gasteiger partial charge is 0.508 e. The van der Waals surface area contributed by atoms with Crippen molar-refractivity contribution in [2.24, 2.45) is 16.7 Å². The first-order valence-corrected chi connectivity index (χ1v) is 6.93. The monoisotopic (exact) mass is 263 g/mol. The van der Waals surface area contributed by atoms with E-state index in [1.165, 1.54) is 6.07 Å². The minimum absolute atomic E-state index is 0.0767. The van der Waals surface area contributed by atoms with E-state index in [-0.39, 0.29) is 17.5 Å². The highest BCUT2D eigenvalue weighted by Crippen LogP contribution is 2.68. The lowest BCUT2D eigenvalue weighted by atomic mass is 10.0. The zero-order valence-corrected chi connectivity index (χ0v) is 12.5. The average molecular weight is 263 g/mol. The first kappa shape index (κ1) is 14.2. The summed E-state index contributed by atoms with van der Waals surface area (Å²) in [4.78, 5) is 0. The zero-order valence-electron chi connectivity index (χ0n) is 12.5. The van der Waals surface area contributed by atoms with Crippen molar-refractivity contribution >= 4 is 0 Å². The predicted octanol–water partition coefficient (Wildman–Crippen LogP) is 3.43. The molecule has 1 aromatic rings. The highest BCUT2D eigenvalue weighted by Gasteiger charge is 2.63. The lowest BCUT2D eigenvalue weighted by Crippen LogP contribution is -2.23. The van der Waals surface area contributed by atoms with Crippen LogP contribution in [0.15, 0.2) is 18.2 Å². The lowest BCUT2D eigenvalue weighted by Gasteiger charge is -2.16. The van der Waals surface area contributed by atoms with Crippen molar-refractivity contribution in [1.29, 1.82) is 0 Å². The Labute approximate surface area is 115 Å². The van der Waals surface area contributed by atoms with Gasteiger partial charge in [0.05, 0.1) is 0 Å². The van der Waals surface area contributed by atoms with Crippen LogP contribution in [0.1, 0.15) is 46.2 Å². The van der Waals surface area contributed by atoms with Gasteiger partial charge in [0.25, 0.3) is 0 Å². The van der Waals surface area contributed by atoms with Gasteiger partial charge < -0.3 is 15.5 Å². The summed E-state index contributed by atoms with van der Waals surface area (Å²) in [7, 11) is 0. The predicted molar refractivity (Wildman–Crippen MR) is 77.2 cm³/mol. The molecule has 0 aromatic heterocycles. The van der Waals surface area contributed by atoms with E-state index in [9.17, 15) is 10.2 Å². The molecule has 3 heteroatoms. The molecule has 0 aliphatic heterocycles. The first-order chi connectivity index (χ1) is 8.68. The Morgan fingerprint density at radius 2 is 1.74 bits per heavy atom. The Bertz CT molecular complexity index is 466. The van der Waals surface area contributed by atoms with Gasteiger partial charge in [0, 0.05) is 17.7 Å². The lowest BCUT2D eigenvalue weighted by molar-refractivity contribution is 0.430. The summed E-state index contributed by atoms with van der Waals surface area (Å²) in [5, 5.41) is 22.6. The summed E-state index contributed by atoms with van der Waals surface area (Å²) in [6.07, 6.45) is 0. The molecular formula is C16H25NO2. The van der Waals surface area contributed by atoms with Crippen LogP contribution in [-0.4, -0.2) is 16.8 Å². The van der Waals surface area contributed by atoms with Gasteiger partial charge in [0.2, 0.25) is 0 Å². The maximum atomic E-state index is 9.85. The van der Waals surface area contributed by atoms with Crippen LogP contribution in [-0.2, 0) is 0 Å². The van der Waals surface area contributed by atoms with Crippen LogP contribution in [0.2, 0.25) is 0 Å². The van der Waals surface area contributed by atoms with E-state index in [1.807, 2.05) is 6.92 Å². The summed E-state index contributed by atoms with van der Waals surface area (Å²) >= 11 is 0. The molecule has 1 saturated carbocycles. The van der Waals surface area contributed by atoms with Gasteiger partial charge in [-0.1, -0.05) is 33.8 Å². The minimum atomic E-state index is 0.0767. The second kappa shape index (κ2) is 4.41. The number of aromatic hydroxyl groups is 2. The molecule has 1 unspecified atom stereocenters. The van der Waals surface area contributed by atoms with E-state index < -0.39 is 0 Å². The van der Waals surface area contributed by atoms with E-state index in [1.54, 1.807) is 12.1 Å². The van der Waals surface area contributed by atoms with Crippen molar-refractivity contribution in [3.05, 3.63) is 23.8 Å². The fourth-order valence-corrected chi connectivity index (χ4v) is 3.15. The van der Waals surface area contributed by atoms with Gasteiger partial charge >= 0.3 is 0 Å². The van der Waals surface area contributed by atoms with Gasteiger partial charge in [-0.05, 0) is 36.3 Å². The molecule has 106 valence electrons. The molecule has 0 amide bonds. The molecule has 1 aliphatic rings. The number of benzene rings is 1. The van der Waals surface area contributed by atoms with Crippen molar-refractivity contribution < 1.29 is 10.2 Å². The van der Waals surface area contributed by atoms with Crippen molar-refractivity contribution in [3.63, 3.8) is 0 Å². The number of rotatable bonds is 4. The van der Waals surface area contributed by atoms with Crippen LogP contribution in [0.3, 0.4) is 0 Å². The fraction of sp³-hybridized carbons (Fsp3) is 0.625. The van der Waals surface area contributed by atoms with Crippen molar-refractivity contribution in [2.45, 2.75) is 40.7 Å². The molecule has 0 saturated heterocycles. The Kier molecular flexibility index (Phi) is 3.29. The summed E-state index contributed by atoms with van der Waals surface area (Å²) in [5.74, 6) is 0.897. The van der Waals surface area contributed by atoms with Crippen LogP contribution in [0.5, 0.6) is 11.5 Å². The van der Waals surface area contributed by atoms with Crippen molar-refractivity contribution in [3.8, 4) is 11.5 Å². The summed E-state index contributed by atoms with van der Waals surface area (Å²) < 4.78 is 0. The number of phenols is 2. The Morgan fingerprint density at radius 1 is 1.16 bits per heavy atom. The highest BCUT2D eigenvalue weighted by atomic mass is 16.3. The summed E-state index contributed by atoms with van der Waals surface area (Å²) in [6, 6.07) is 4.84. The Balaban J connectivity index is 1.98. The van der Waals surface area contributed by atoms with Crippen LogP contribution in [0.25, 0.3) is 0 Å². The molecule has 19 heavy (non-hydrogen) atoms. The molecule has 1 atom stereocenters. The van der Waals surface area contributed by atoms with Gasteiger partial charge in [-0.25, -0.2) is 0 Å². The smallest absolute Gasteiger partial charge is 0.124 e. The molecule has 0 bridgehead atoms. The third-order valence-corrected chi connectivity index (χ3v) is 5.43. The van der Waals surface area contributed by atoms with E-state index in [0.29, 0.717) is 16.7 Å². The maximum Gasteiger partial charge on any atom is 0.124 e. The normalized spacial score (nSPS) is 22.2. The van der Waals surface area contributed by atoms with Gasteiger partial charge in [-0.2, -0.15) is 0 Å². The second-order valence-electron chi connectivity index (χ2n) is 6.87. The van der Waals surface area contributed by atoms with Crippen LogP contribution >= 0.6 is 0 Å². The Hall–Kier alpha value is -1.22. The molecule has 2 rings (SSSR count). The minimum Gasteiger partial charge on any atom is -0.508 e. The number of phenolic OH excluding ortho intramolecular Hbond substituents is 2. The van der Waals surface area contributed by atoms with Crippen molar-refractivity contribution in [2.75, 3.05) is 6.54 Å². The van der Waals surface area contributed by atoms with Gasteiger partial charge in [0.1, 0.15) is 11.5 Å². The maximum absolute atomic E-state index is 9.85. The van der Waals surface area contributed by atoms with E-state index in [0.717, 1.165) is 12.1 Å². The molecule has 0 radical (unpaired) electrons. The van der Waals surface area contributed by atoms with Crippen LogP contribution < -0.4 is 5.32 Å². The highest BCUT2D eigenvalue weighted by molar-refractivity contribution is 5.40. The molecule has 1 aromatic carbocycles. The average Bonchev–Trinajstić information content (AvgIpc) is 2.66. The van der Waals surface area contributed by atoms with Crippen molar-refractivity contribution in [1.82, 2.24) is 5.32 Å². The SMILES string of the molecule is CC(NCC1C(C)(C)C1(C)C)c1ccc(O)cc1O. The Morgan fingerprint density at radius 3 is 2.21 bits per heavy atom. The van der Waals surface area contributed by atoms with E-state index >= 15 is 0 Å².